The summed E-state index contributed by atoms with van der Waals surface area (Å²) in [6.45, 7) is 3.19. The number of nitrogens with zero attached hydrogens (tertiary/aromatic N) is 1. The molecule has 0 unspecified atom stereocenters. The second-order valence-electron chi connectivity index (χ2n) is 5.08. The molecule has 0 fully saturated rings. The zero-order chi connectivity index (χ0) is 14.8. The van der Waals surface area contributed by atoms with Gasteiger partial charge in [-0.3, -0.25) is 4.79 Å². The van der Waals surface area contributed by atoms with E-state index in [0.717, 1.165) is 12.1 Å². The molecule has 0 saturated carbocycles. The molecule has 0 aliphatic rings. The molecule has 1 aromatic carbocycles. The third-order valence-electron chi connectivity index (χ3n) is 2.57. The molecule has 0 heterocycles. The van der Waals surface area contributed by atoms with E-state index in [0.29, 0.717) is 5.56 Å². The van der Waals surface area contributed by atoms with Crippen LogP contribution in [0.5, 0.6) is 0 Å². The summed E-state index contributed by atoms with van der Waals surface area (Å²) in [6.07, 6.45) is -4.38. The van der Waals surface area contributed by atoms with Gasteiger partial charge in [0.1, 0.15) is 0 Å². The van der Waals surface area contributed by atoms with E-state index < -0.39 is 17.3 Å². The summed E-state index contributed by atoms with van der Waals surface area (Å²) in [5.74, 6) is -0.329. The third kappa shape index (κ3) is 4.24. The predicted octanol–water partition coefficient (Wildman–Crippen LogP) is 2.40. The van der Waals surface area contributed by atoms with Gasteiger partial charge in [-0.2, -0.15) is 13.2 Å². The minimum atomic E-state index is -4.38. The van der Waals surface area contributed by atoms with Gasteiger partial charge >= 0.3 is 6.18 Å². The van der Waals surface area contributed by atoms with E-state index in [1.54, 1.807) is 19.9 Å². The number of likely N-dealkylation sites (N-methyl/N-ethyl adjacent to an activating group) is 1. The molecular weight excluding hydrogens is 257 g/mol. The van der Waals surface area contributed by atoms with Gasteiger partial charge < -0.3 is 10.6 Å². The van der Waals surface area contributed by atoms with Crippen molar-refractivity contribution in [2.75, 3.05) is 7.05 Å². The number of hydrogen-bond acceptors (Lipinski definition) is 2. The van der Waals surface area contributed by atoms with Gasteiger partial charge in [-0.05, 0) is 31.5 Å². The lowest BCUT2D eigenvalue weighted by molar-refractivity contribution is -0.137. The highest BCUT2D eigenvalue weighted by Gasteiger charge is 2.31. The molecule has 0 radical (unpaired) electrons. The molecule has 6 heteroatoms. The van der Waals surface area contributed by atoms with Crippen LogP contribution in [-0.2, 0) is 17.5 Å². The molecule has 0 aliphatic carbocycles. The van der Waals surface area contributed by atoms with Crippen LogP contribution in [0.15, 0.2) is 24.3 Å². The van der Waals surface area contributed by atoms with Crippen LogP contribution in [0, 0.1) is 0 Å². The van der Waals surface area contributed by atoms with Crippen LogP contribution in [0.4, 0.5) is 13.2 Å². The van der Waals surface area contributed by atoms with Crippen molar-refractivity contribution >= 4 is 5.91 Å². The highest BCUT2D eigenvalue weighted by Crippen LogP contribution is 2.29. The number of carbonyl (C=O) groups is 1. The maximum absolute atomic E-state index is 12.6. The Morgan fingerprint density at radius 3 is 2.37 bits per heavy atom. The van der Waals surface area contributed by atoms with Crippen molar-refractivity contribution in [2.24, 2.45) is 5.73 Å². The monoisotopic (exact) mass is 274 g/mol. The molecule has 1 rings (SSSR count). The molecule has 19 heavy (non-hydrogen) atoms. The van der Waals surface area contributed by atoms with Crippen LogP contribution in [0.3, 0.4) is 0 Å². The SMILES string of the molecule is CN(Cc1cccc(C(F)(F)F)c1)C(=O)C(C)(C)N. The van der Waals surface area contributed by atoms with Crippen molar-refractivity contribution in [2.45, 2.75) is 32.1 Å². The molecule has 0 aliphatic heterocycles. The lowest BCUT2D eigenvalue weighted by Crippen LogP contribution is -2.49. The van der Waals surface area contributed by atoms with Crippen molar-refractivity contribution in [3.63, 3.8) is 0 Å². The molecule has 0 bridgehead atoms. The lowest BCUT2D eigenvalue weighted by Gasteiger charge is -2.26. The van der Waals surface area contributed by atoms with E-state index in [1.807, 2.05) is 0 Å². The van der Waals surface area contributed by atoms with Crippen LogP contribution in [-0.4, -0.2) is 23.4 Å². The Labute approximate surface area is 110 Å². The van der Waals surface area contributed by atoms with Gasteiger partial charge in [0.2, 0.25) is 5.91 Å². The summed E-state index contributed by atoms with van der Waals surface area (Å²) in [5.41, 5.74) is 4.30. The topological polar surface area (TPSA) is 46.3 Å². The molecule has 0 atom stereocenters. The second kappa shape index (κ2) is 5.21. The minimum absolute atomic E-state index is 0.0867. The van der Waals surface area contributed by atoms with Gasteiger partial charge in [0.15, 0.2) is 0 Å². The van der Waals surface area contributed by atoms with Gasteiger partial charge in [0, 0.05) is 13.6 Å². The predicted molar refractivity (Wildman–Crippen MR) is 66.2 cm³/mol. The first-order valence-corrected chi connectivity index (χ1v) is 5.72. The van der Waals surface area contributed by atoms with E-state index in [9.17, 15) is 18.0 Å². The van der Waals surface area contributed by atoms with E-state index >= 15 is 0 Å². The van der Waals surface area contributed by atoms with Gasteiger partial charge in [-0.15, -0.1) is 0 Å². The summed E-state index contributed by atoms with van der Waals surface area (Å²) in [6, 6.07) is 4.90. The molecule has 106 valence electrons. The molecule has 0 spiro atoms. The second-order valence-corrected chi connectivity index (χ2v) is 5.08. The van der Waals surface area contributed by atoms with Gasteiger partial charge in [0.05, 0.1) is 11.1 Å². The van der Waals surface area contributed by atoms with E-state index in [4.69, 9.17) is 5.73 Å². The fourth-order valence-corrected chi connectivity index (χ4v) is 1.68. The summed E-state index contributed by atoms with van der Waals surface area (Å²) in [7, 11) is 1.51. The minimum Gasteiger partial charge on any atom is -0.340 e. The van der Waals surface area contributed by atoms with Crippen molar-refractivity contribution in [1.29, 1.82) is 0 Å². The van der Waals surface area contributed by atoms with Gasteiger partial charge in [0.25, 0.3) is 0 Å². The first-order valence-electron chi connectivity index (χ1n) is 5.72. The Morgan fingerprint density at radius 2 is 1.89 bits per heavy atom. The van der Waals surface area contributed by atoms with Crippen LogP contribution >= 0.6 is 0 Å². The average Bonchev–Trinajstić information content (AvgIpc) is 2.26. The Balaban J connectivity index is 2.87. The van der Waals surface area contributed by atoms with E-state index in [1.165, 1.54) is 18.0 Å². The van der Waals surface area contributed by atoms with Gasteiger partial charge in [-0.25, -0.2) is 0 Å². The number of carbonyl (C=O) groups excluding carboxylic acids is 1. The van der Waals surface area contributed by atoms with Crippen molar-refractivity contribution in [1.82, 2.24) is 4.90 Å². The Bertz CT molecular complexity index is 464. The van der Waals surface area contributed by atoms with Crippen molar-refractivity contribution in [3.8, 4) is 0 Å². The number of rotatable bonds is 3. The Kier molecular flexibility index (Phi) is 4.25. The first kappa shape index (κ1) is 15.5. The molecule has 1 aromatic rings. The highest BCUT2D eigenvalue weighted by atomic mass is 19.4. The number of hydrogen-bond donors (Lipinski definition) is 1. The largest absolute Gasteiger partial charge is 0.416 e. The highest BCUT2D eigenvalue weighted by molar-refractivity contribution is 5.84. The maximum Gasteiger partial charge on any atom is 0.416 e. The van der Waals surface area contributed by atoms with Crippen LogP contribution in [0.25, 0.3) is 0 Å². The number of nitrogens with two attached hydrogens (primary N) is 1. The zero-order valence-corrected chi connectivity index (χ0v) is 11.1. The molecule has 2 N–H and O–H groups in total. The van der Waals surface area contributed by atoms with Crippen LogP contribution in [0.2, 0.25) is 0 Å². The third-order valence-corrected chi connectivity index (χ3v) is 2.57. The summed E-state index contributed by atoms with van der Waals surface area (Å²) >= 11 is 0. The fourth-order valence-electron chi connectivity index (χ4n) is 1.68. The van der Waals surface area contributed by atoms with E-state index in [2.05, 4.69) is 0 Å². The standard InChI is InChI=1S/C13H17F3N2O/c1-12(2,17)11(19)18(3)8-9-5-4-6-10(7-9)13(14,15)16/h4-7H,8,17H2,1-3H3. The normalized spacial score (nSPS) is 12.4. The lowest BCUT2D eigenvalue weighted by atomic mass is 10.0. The number of alkyl halides is 3. The molecule has 1 amide bonds. The number of benzene rings is 1. The Morgan fingerprint density at radius 1 is 1.32 bits per heavy atom. The average molecular weight is 274 g/mol. The van der Waals surface area contributed by atoms with Crippen molar-refractivity contribution < 1.29 is 18.0 Å². The quantitative estimate of drug-likeness (QED) is 0.920. The van der Waals surface area contributed by atoms with Crippen LogP contribution in [0.1, 0.15) is 25.0 Å². The molecule has 3 nitrogen and oxygen atoms in total. The zero-order valence-electron chi connectivity index (χ0n) is 11.1. The maximum atomic E-state index is 12.6. The van der Waals surface area contributed by atoms with Gasteiger partial charge in [-0.1, -0.05) is 12.1 Å². The van der Waals surface area contributed by atoms with E-state index in [-0.39, 0.29) is 12.5 Å². The van der Waals surface area contributed by atoms with Crippen LogP contribution < -0.4 is 5.73 Å². The summed E-state index contributed by atoms with van der Waals surface area (Å²) in [4.78, 5) is 13.1. The molecular formula is C13H17F3N2O. The molecule has 0 saturated heterocycles. The smallest absolute Gasteiger partial charge is 0.340 e. The molecule has 0 aromatic heterocycles. The number of halogens is 3. The number of amides is 1. The summed E-state index contributed by atoms with van der Waals surface area (Å²) in [5, 5.41) is 0. The first-order chi connectivity index (χ1) is 8.51. The summed E-state index contributed by atoms with van der Waals surface area (Å²) < 4.78 is 37.7. The van der Waals surface area contributed by atoms with Crippen molar-refractivity contribution in [3.05, 3.63) is 35.4 Å². The fraction of sp³-hybridized carbons (Fsp3) is 0.462. The Hall–Kier alpha value is -1.56.